The average Bonchev–Trinajstić information content (AvgIpc) is 2.68. The minimum Gasteiger partial charge on any atom is -0.321 e. The van der Waals surface area contributed by atoms with E-state index in [0.29, 0.717) is 5.69 Å². The maximum Gasteiger partial charge on any atom is 0.198 e. The molecule has 0 amide bonds. The molecule has 1 heterocycles. The number of rotatable bonds is 5. The van der Waals surface area contributed by atoms with Crippen molar-refractivity contribution < 1.29 is 4.79 Å². The number of hydrogen-bond acceptors (Lipinski definition) is 3. The summed E-state index contributed by atoms with van der Waals surface area (Å²) in [6.45, 7) is 8.01. The highest BCUT2D eigenvalue weighted by Gasteiger charge is 2.26. The molecule has 1 rings (SSSR count). The van der Waals surface area contributed by atoms with E-state index in [9.17, 15) is 4.79 Å². The van der Waals surface area contributed by atoms with Crippen LogP contribution in [0.2, 0.25) is 0 Å². The third-order valence-corrected chi connectivity index (χ3v) is 3.61. The minimum absolute atomic E-state index is 0.0441. The molecule has 2 unspecified atom stereocenters. The Morgan fingerprint density at radius 3 is 2.59 bits per heavy atom. The van der Waals surface area contributed by atoms with Crippen LogP contribution in [0.4, 0.5) is 0 Å². The second-order valence-corrected chi connectivity index (χ2v) is 5.51. The predicted molar refractivity (Wildman–Crippen MR) is 72.1 cm³/mol. The maximum atomic E-state index is 12.3. The van der Waals surface area contributed by atoms with E-state index in [0.717, 1.165) is 10.9 Å². The fourth-order valence-electron chi connectivity index (χ4n) is 1.63. The number of nitrogens with two attached hydrogens (primary N) is 1. The molecular formula is C12H20BrN3O. The maximum absolute atomic E-state index is 12.3. The average molecular weight is 302 g/mol. The van der Waals surface area contributed by atoms with Crippen LogP contribution in [-0.2, 0) is 0 Å². The molecule has 0 aromatic carbocycles. The zero-order valence-electron chi connectivity index (χ0n) is 10.8. The highest BCUT2D eigenvalue weighted by Crippen LogP contribution is 2.22. The molecule has 4 nitrogen and oxygen atoms in total. The quantitative estimate of drug-likeness (QED) is 0.851. The molecule has 17 heavy (non-hydrogen) atoms. The number of hydrogen-bond donors (Lipinski definition) is 1. The summed E-state index contributed by atoms with van der Waals surface area (Å²) in [5, 5.41) is 4.20. The minimum atomic E-state index is -0.467. The molecular weight excluding hydrogens is 282 g/mol. The largest absolute Gasteiger partial charge is 0.321 e. The van der Waals surface area contributed by atoms with Gasteiger partial charge in [-0.1, -0.05) is 20.3 Å². The van der Waals surface area contributed by atoms with Crippen LogP contribution in [-0.4, -0.2) is 21.6 Å². The van der Waals surface area contributed by atoms with Crippen LogP contribution in [0.15, 0.2) is 10.7 Å². The number of Topliss-reactive ketones (excluding diaryl/α,β-unsaturated/α-hetero) is 1. The number of nitrogens with zero attached hydrogens (tertiary/aromatic N) is 2. The summed E-state index contributed by atoms with van der Waals surface area (Å²) in [6.07, 6.45) is 2.54. The number of carbonyl (C=O) groups excluding carboxylic acids is 1. The number of carbonyl (C=O) groups is 1. The topological polar surface area (TPSA) is 60.9 Å². The van der Waals surface area contributed by atoms with E-state index in [1.54, 1.807) is 10.9 Å². The van der Waals surface area contributed by atoms with Gasteiger partial charge in [0.25, 0.3) is 0 Å². The van der Waals surface area contributed by atoms with Crippen molar-refractivity contribution >= 4 is 21.7 Å². The molecule has 96 valence electrons. The lowest BCUT2D eigenvalue weighted by Gasteiger charge is -2.19. The Bertz CT molecular complexity index is 400. The van der Waals surface area contributed by atoms with Gasteiger partial charge >= 0.3 is 0 Å². The number of ketones is 1. The number of aromatic nitrogens is 2. The summed E-state index contributed by atoms with van der Waals surface area (Å²) >= 11 is 3.37. The summed E-state index contributed by atoms with van der Waals surface area (Å²) in [4.78, 5) is 12.3. The van der Waals surface area contributed by atoms with Crippen molar-refractivity contribution in [2.24, 2.45) is 11.7 Å². The van der Waals surface area contributed by atoms with Crippen molar-refractivity contribution in [3.8, 4) is 0 Å². The zero-order valence-corrected chi connectivity index (χ0v) is 12.4. The second-order valence-electron chi connectivity index (χ2n) is 4.65. The van der Waals surface area contributed by atoms with E-state index in [1.165, 1.54) is 0 Å². The summed E-state index contributed by atoms with van der Waals surface area (Å²) in [6, 6.07) is -0.324. The Labute approximate surface area is 111 Å². The van der Waals surface area contributed by atoms with Gasteiger partial charge in [0.2, 0.25) is 0 Å². The van der Waals surface area contributed by atoms with Gasteiger partial charge in [-0.15, -0.1) is 0 Å². The normalized spacial score (nSPS) is 15.0. The van der Waals surface area contributed by atoms with Crippen molar-refractivity contribution in [2.45, 2.75) is 46.2 Å². The molecule has 0 spiro atoms. The van der Waals surface area contributed by atoms with Gasteiger partial charge in [0, 0.05) is 6.04 Å². The second kappa shape index (κ2) is 5.78. The van der Waals surface area contributed by atoms with Gasteiger partial charge in [0.15, 0.2) is 5.78 Å². The van der Waals surface area contributed by atoms with Gasteiger partial charge in [-0.3, -0.25) is 9.48 Å². The van der Waals surface area contributed by atoms with Crippen molar-refractivity contribution in [2.75, 3.05) is 0 Å². The summed E-state index contributed by atoms with van der Waals surface area (Å²) in [7, 11) is 0. The van der Waals surface area contributed by atoms with E-state index < -0.39 is 6.04 Å². The molecule has 2 N–H and O–H groups in total. The predicted octanol–water partition coefficient (Wildman–Crippen LogP) is 2.78. The molecule has 0 fully saturated rings. The van der Waals surface area contributed by atoms with Gasteiger partial charge < -0.3 is 5.73 Å². The molecule has 5 heteroatoms. The van der Waals surface area contributed by atoms with Crippen molar-refractivity contribution in [1.29, 1.82) is 0 Å². The van der Waals surface area contributed by atoms with Crippen LogP contribution in [0, 0.1) is 5.92 Å². The lowest BCUT2D eigenvalue weighted by Crippen LogP contribution is -2.38. The van der Waals surface area contributed by atoms with E-state index in [4.69, 9.17) is 5.73 Å². The Morgan fingerprint density at radius 2 is 2.12 bits per heavy atom. The first kappa shape index (κ1) is 14.4. The van der Waals surface area contributed by atoms with Gasteiger partial charge in [0.1, 0.15) is 5.69 Å². The molecule has 2 atom stereocenters. The molecule has 0 saturated carbocycles. The Kier molecular flexibility index (Phi) is 4.89. The van der Waals surface area contributed by atoms with Crippen LogP contribution in [0.1, 0.15) is 50.6 Å². The summed E-state index contributed by atoms with van der Waals surface area (Å²) in [5.74, 6) is 0.127. The molecule has 0 aliphatic carbocycles. The highest BCUT2D eigenvalue weighted by molar-refractivity contribution is 9.10. The molecule has 0 radical (unpaired) electrons. The van der Waals surface area contributed by atoms with Crippen LogP contribution < -0.4 is 5.73 Å². The summed E-state index contributed by atoms with van der Waals surface area (Å²) < 4.78 is 2.43. The fourth-order valence-corrected chi connectivity index (χ4v) is 2.10. The third-order valence-electron chi connectivity index (χ3n) is 3.03. The van der Waals surface area contributed by atoms with E-state index in [2.05, 4.69) is 21.0 Å². The Balaban J connectivity index is 3.07. The Hall–Kier alpha value is -0.680. The van der Waals surface area contributed by atoms with E-state index >= 15 is 0 Å². The lowest BCUT2D eigenvalue weighted by molar-refractivity contribution is 0.0921. The van der Waals surface area contributed by atoms with Crippen LogP contribution in [0.25, 0.3) is 0 Å². The first-order valence-electron chi connectivity index (χ1n) is 5.92. The fraction of sp³-hybridized carbons (Fsp3) is 0.667. The van der Waals surface area contributed by atoms with Crippen LogP contribution in [0.5, 0.6) is 0 Å². The Morgan fingerprint density at radius 1 is 1.53 bits per heavy atom. The smallest absolute Gasteiger partial charge is 0.198 e. The first-order valence-corrected chi connectivity index (χ1v) is 6.72. The molecule has 0 aliphatic heterocycles. The van der Waals surface area contributed by atoms with Crippen LogP contribution >= 0.6 is 15.9 Å². The van der Waals surface area contributed by atoms with E-state index in [-0.39, 0.29) is 17.7 Å². The first-order chi connectivity index (χ1) is 7.90. The van der Waals surface area contributed by atoms with Gasteiger partial charge in [-0.25, -0.2) is 0 Å². The molecule has 0 aliphatic rings. The zero-order chi connectivity index (χ0) is 13.2. The molecule has 0 saturated heterocycles. The van der Waals surface area contributed by atoms with Gasteiger partial charge in [-0.2, -0.15) is 5.10 Å². The molecule has 1 aromatic rings. The van der Waals surface area contributed by atoms with Gasteiger partial charge in [0.05, 0.1) is 16.7 Å². The SMILES string of the molecule is CCC(C)C(N)C(=O)c1c(Br)cnn1C(C)C. The molecule has 0 bridgehead atoms. The highest BCUT2D eigenvalue weighted by atomic mass is 79.9. The van der Waals surface area contributed by atoms with Crippen LogP contribution in [0.3, 0.4) is 0 Å². The summed E-state index contributed by atoms with van der Waals surface area (Å²) in [5.41, 5.74) is 6.57. The van der Waals surface area contributed by atoms with Crippen molar-refractivity contribution in [3.05, 3.63) is 16.4 Å². The van der Waals surface area contributed by atoms with E-state index in [1.807, 2.05) is 27.7 Å². The third kappa shape index (κ3) is 2.96. The van der Waals surface area contributed by atoms with Crippen molar-refractivity contribution in [1.82, 2.24) is 9.78 Å². The number of halogens is 1. The standard InChI is InChI=1S/C12H20BrN3O/c1-5-8(4)10(14)12(17)11-9(13)6-15-16(11)7(2)3/h6-8,10H,5,14H2,1-4H3. The lowest BCUT2D eigenvalue weighted by atomic mass is 9.95. The molecule has 1 aromatic heterocycles. The van der Waals surface area contributed by atoms with Gasteiger partial charge in [-0.05, 0) is 35.7 Å². The van der Waals surface area contributed by atoms with Crippen molar-refractivity contribution in [3.63, 3.8) is 0 Å². The monoisotopic (exact) mass is 301 g/mol.